The lowest BCUT2D eigenvalue weighted by Crippen LogP contribution is -1.90. The van der Waals surface area contributed by atoms with Crippen LogP contribution < -0.4 is 0 Å². The third-order valence-corrected chi connectivity index (χ3v) is 0.857. The highest BCUT2D eigenvalue weighted by atomic mass is 15.1. The number of hydrogen-bond acceptors (Lipinski definition) is 3. The molecule has 0 aliphatic rings. The summed E-state index contributed by atoms with van der Waals surface area (Å²) in [5.41, 5.74) is 0.906. The second-order valence-corrected chi connectivity index (χ2v) is 1.40. The first-order chi connectivity index (χ1) is 3.93. The predicted molar refractivity (Wildman–Crippen MR) is 28.0 cm³/mol. The summed E-state index contributed by atoms with van der Waals surface area (Å²) >= 11 is 0. The van der Waals surface area contributed by atoms with Crippen molar-refractivity contribution < 1.29 is 0 Å². The van der Waals surface area contributed by atoms with Gasteiger partial charge in [0.1, 0.15) is 0 Å². The summed E-state index contributed by atoms with van der Waals surface area (Å²) in [6.45, 7) is 2.01. The van der Waals surface area contributed by atoms with E-state index >= 15 is 0 Å². The van der Waals surface area contributed by atoms with Crippen LogP contribution >= 0.6 is 0 Å². The molecule has 1 aromatic heterocycles. The molecule has 0 aromatic carbocycles. The minimum absolute atomic E-state index is 0.884. The fourth-order valence-corrected chi connectivity index (χ4v) is 0.404. The largest absolute Gasteiger partial charge is 0.230 e. The average molecular weight is 108 g/mol. The third kappa shape index (κ3) is 0.992. The second-order valence-electron chi connectivity index (χ2n) is 1.40. The fourth-order valence-electron chi connectivity index (χ4n) is 0.404. The smallest absolute Gasteiger partial charge is 0.221 e. The number of nitrogens with zero attached hydrogens (tertiary/aromatic N) is 3. The maximum absolute atomic E-state index is 3.73. The molecule has 0 N–H and O–H groups in total. The van der Waals surface area contributed by atoms with E-state index in [-0.39, 0.29) is 0 Å². The Morgan fingerprint density at radius 2 is 2.62 bits per heavy atom. The number of aryl methyl sites for hydroxylation is 1. The molecule has 0 fully saturated rings. The molecular formula is C5H6N3. The van der Waals surface area contributed by atoms with E-state index in [1.807, 2.05) is 6.92 Å². The second kappa shape index (κ2) is 2.35. The molecule has 3 heteroatoms. The van der Waals surface area contributed by atoms with Crippen LogP contribution in [0.15, 0.2) is 6.20 Å². The number of hydrogen-bond donors (Lipinski definition) is 0. The quantitative estimate of drug-likeness (QED) is 0.517. The molecule has 0 spiro atoms. The Bertz CT molecular complexity index is 149. The highest BCUT2D eigenvalue weighted by Crippen LogP contribution is 1.85. The van der Waals surface area contributed by atoms with E-state index in [4.69, 9.17) is 0 Å². The summed E-state index contributed by atoms with van der Waals surface area (Å²) in [6, 6.07) is 0. The van der Waals surface area contributed by atoms with Crippen molar-refractivity contribution in [2.75, 3.05) is 0 Å². The van der Waals surface area contributed by atoms with Gasteiger partial charge in [-0.05, 0) is 6.42 Å². The SMILES string of the molecule is CCc1cn[c]nn1. The van der Waals surface area contributed by atoms with Crippen LogP contribution in [-0.2, 0) is 6.42 Å². The topological polar surface area (TPSA) is 38.7 Å². The maximum atomic E-state index is 3.73. The molecule has 1 radical (unpaired) electrons. The lowest BCUT2D eigenvalue weighted by molar-refractivity contribution is 0.870. The van der Waals surface area contributed by atoms with Crippen molar-refractivity contribution in [2.45, 2.75) is 13.3 Å². The molecule has 0 aliphatic heterocycles. The third-order valence-electron chi connectivity index (χ3n) is 0.857. The van der Waals surface area contributed by atoms with Crippen LogP contribution in [0.2, 0.25) is 0 Å². The van der Waals surface area contributed by atoms with Gasteiger partial charge in [0.2, 0.25) is 6.33 Å². The molecule has 0 saturated heterocycles. The van der Waals surface area contributed by atoms with E-state index in [2.05, 4.69) is 21.5 Å². The van der Waals surface area contributed by atoms with Crippen molar-refractivity contribution >= 4 is 0 Å². The molecule has 3 nitrogen and oxygen atoms in total. The van der Waals surface area contributed by atoms with Crippen molar-refractivity contribution in [3.63, 3.8) is 0 Å². The van der Waals surface area contributed by atoms with E-state index in [9.17, 15) is 0 Å². The van der Waals surface area contributed by atoms with E-state index in [1.165, 1.54) is 0 Å². The molecule has 41 valence electrons. The zero-order valence-corrected chi connectivity index (χ0v) is 4.63. The zero-order chi connectivity index (χ0) is 5.82. The Morgan fingerprint density at radius 1 is 1.75 bits per heavy atom. The van der Waals surface area contributed by atoms with Gasteiger partial charge in [0.05, 0.1) is 11.9 Å². The Labute approximate surface area is 47.8 Å². The van der Waals surface area contributed by atoms with Gasteiger partial charge in [-0.15, -0.1) is 5.10 Å². The summed E-state index contributed by atoms with van der Waals surface area (Å²) < 4.78 is 0. The van der Waals surface area contributed by atoms with Gasteiger partial charge in [-0.1, -0.05) is 6.92 Å². The lowest BCUT2D eigenvalue weighted by Gasteiger charge is -1.85. The molecule has 1 rings (SSSR count). The average Bonchev–Trinajstić information content (AvgIpc) is 1.90. The Balaban J connectivity index is 2.83. The van der Waals surface area contributed by atoms with Crippen molar-refractivity contribution in [1.82, 2.24) is 15.2 Å². The Morgan fingerprint density at radius 3 is 3.00 bits per heavy atom. The van der Waals surface area contributed by atoms with Gasteiger partial charge in [0.15, 0.2) is 0 Å². The van der Waals surface area contributed by atoms with Crippen molar-refractivity contribution in [1.29, 1.82) is 0 Å². The summed E-state index contributed by atoms with van der Waals surface area (Å²) in [4.78, 5) is 3.66. The summed E-state index contributed by atoms with van der Waals surface area (Å²) in [7, 11) is 0. The van der Waals surface area contributed by atoms with Crippen LogP contribution in [0.1, 0.15) is 12.6 Å². The molecule has 0 amide bonds. The van der Waals surface area contributed by atoms with E-state index in [0.717, 1.165) is 12.1 Å². The summed E-state index contributed by atoms with van der Waals surface area (Å²) in [5, 5.41) is 7.20. The van der Waals surface area contributed by atoms with Gasteiger partial charge in [-0.2, -0.15) is 5.10 Å². The van der Waals surface area contributed by atoms with E-state index in [1.54, 1.807) is 6.20 Å². The van der Waals surface area contributed by atoms with E-state index in [0.29, 0.717) is 0 Å². The fraction of sp³-hybridized carbons (Fsp3) is 0.400. The molecule has 8 heavy (non-hydrogen) atoms. The molecule has 0 atom stereocenters. The van der Waals surface area contributed by atoms with Gasteiger partial charge in [0, 0.05) is 0 Å². The van der Waals surface area contributed by atoms with Gasteiger partial charge >= 0.3 is 0 Å². The number of aromatic nitrogens is 3. The van der Waals surface area contributed by atoms with Crippen molar-refractivity contribution in [3.05, 3.63) is 18.2 Å². The highest BCUT2D eigenvalue weighted by Gasteiger charge is 1.84. The van der Waals surface area contributed by atoms with Crippen LogP contribution in [0.5, 0.6) is 0 Å². The molecule has 0 unspecified atom stereocenters. The minimum Gasteiger partial charge on any atom is -0.230 e. The molecular weight excluding hydrogens is 102 g/mol. The van der Waals surface area contributed by atoms with Crippen LogP contribution in [0.3, 0.4) is 0 Å². The van der Waals surface area contributed by atoms with Crippen LogP contribution in [0.25, 0.3) is 0 Å². The number of rotatable bonds is 1. The van der Waals surface area contributed by atoms with Crippen molar-refractivity contribution in [2.24, 2.45) is 0 Å². The van der Waals surface area contributed by atoms with Gasteiger partial charge < -0.3 is 0 Å². The summed E-state index contributed by atoms with van der Waals surface area (Å²) in [5.74, 6) is 0. The van der Waals surface area contributed by atoms with Crippen LogP contribution in [0, 0.1) is 6.33 Å². The predicted octanol–water partition coefficient (Wildman–Crippen LogP) is 0.234. The van der Waals surface area contributed by atoms with Crippen LogP contribution in [0.4, 0.5) is 0 Å². The molecule has 0 bridgehead atoms. The van der Waals surface area contributed by atoms with Gasteiger partial charge in [0.25, 0.3) is 0 Å². The first-order valence-electron chi connectivity index (χ1n) is 2.48. The Kier molecular flexibility index (Phi) is 1.51. The van der Waals surface area contributed by atoms with E-state index < -0.39 is 0 Å². The first-order valence-corrected chi connectivity index (χ1v) is 2.48. The molecule has 1 heterocycles. The molecule has 0 aliphatic carbocycles. The van der Waals surface area contributed by atoms with Gasteiger partial charge in [-0.25, -0.2) is 4.98 Å². The first kappa shape index (κ1) is 5.15. The molecule has 0 saturated carbocycles. The van der Waals surface area contributed by atoms with Crippen LogP contribution in [-0.4, -0.2) is 15.2 Å². The molecule has 1 aromatic rings. The standard InChI is InChI=1S/C5H6N3/c1-2-5-3-6-4-7-8-5/h3H,2H2,1H3. The maximum Gasteiger partial charge on any atom is 0.221 e. The van der Waals surface area contributed by atoms with Gasteiger partial charge in [-0.3, -0.25) is 0 Å². The van der Waals surface area contributed by atoms with Crippen molar-refractivity contribution in [3.8, 4) is 0 Å². The highest BCUT2D eigenvalue weighted by molar-refractivity contribution is 4.88. The summed E-state index contributed by atoms with van der Waals surface area (Å²) in [6.07, 6.45) is 4.90. The zero-order valence-electron chi connectivity index (χ0n) is 4.63. The normalized spacial score (nSPS) is 9.12. The Hall–Kier alpha value is -0.990. The monoisotopic (exact) mass is 108 g/mol. The lowest BCUT2D eigenvalue weighted by atomic mass is 10.4. The minimum atomic E-state index is 0.884.